The van der Waals surface area contributed by atoms with E-state index in [1.54, 1.807) is 0 Å². The van der Waals surface area contributed by atoms with E-state index in [2.05, 4.69) is 26.0 Å². The quantitative estimate of drug-likeness (QED) is 0.0199. The predicted molar refractivity (Wildman–Crippen MR) is 218 cm³/mol. The number of rotatable bonds is 40. The Morgan fingerprint density at radius 2 is 0.962 bits per heavy atom. The van der Waals surface area contributed by atoms with Gasteiger partial charge in [-0.2, -0.15) is 0 Å². The maximum absolute atomic E-state index is 12.6. The lowest BCUT2D eigenvalue weighted by Gasteiger charge is -2.28. The van der Waals surface area contributed by atoms with Crippen molar-refractivity contribution >= 4 is 19.8 Å². The van der Waals surface area contributed by atoms with Gasteiger partial charge in [0.15, 0.2) is 6.10 Å². The molecule has 0 aliphatic heterocycles. The van der Waals surface area contributed by atoms with Gasteiger partial charge in [0, 0.05) is 12.8 Å². The maximum Gasteiger partial charge on any atom is 0.306 e. The summed E-state index contributed by atoms with van der Waals surface area (Å²) in [4.78, 5) is 37.5. The summed E-state index contributed by atoms with van der Waals surface area (Å²) in [6.07, 6.45) is 36.6. The molecule has 0 radical (unpaired) electrons. The van der Waals surface area contributed by atoms with Crippen molar-refractivity contribution in [3.63, 3.8) is 0 Å². The Bertz CT molecular complexity index is 922. The van der Waals surface area contributed by atoms with Crippen molar-refractivity contribution < 1.29 is 42.1 Å². The van der Waals surface area contributed by atoms with Crippen LogP contribution in [0, 0.1) is 0 Å². The first-order chi connectivity index (χ1) is 25.5. The fraction of sp³-hybridized carbons (Fsp3) is 0.907. The summed E-state index contributed by atoms with van der Waals surface area (Å²) in [5.41, 5.74) is 0. The van der Waals surface area contributed by atoms with Gasteiger partial charge in [-0.25, -0.2) is 0 Å². The second-order valence-corrected chi connectivity index (χ2v) is 17.5. The van der Waals surface area contributed by atoms with Crippen molar-refractivity contribution in [1.82, 2.24) is 0 Å². The molecule has 0 heterocycles. The van der Waals surface area contributed by atoms with Gasteiger partial charge in [0.05, 0.1) is 27.7 Å². The molecule has 0 aromatic rings. The number of unbranched alkanes of at least 4 members (excludes halogenated alkanes) is 24. The van der Waals surface area contributed by atoms with Crippen LogP contribution in [0.2, 0.25) is 0 Å². The van der Waals surface area contributed by atoms with Gasteiger partial charge in [-0.05, 0) is 38.5 Å². The zero-order valence-electron chi connectivity index (χ0n) is 35.2. The third-order valence-electron chi connectivity index (χ3n) is 9.54. The first-order valence-corrected chi connectivity index (χ1v) is 23.4. The van der Waals surface area contributed by atoms with E-state index in [-0.39, 0.29) is 32.0 Å². The molecule has 0 saturated heterocycles. The molecular weight excluding hydrogens is 689 g/mol. The molecule has 0 bridgehead atoms. The summed E-state index contributed by atoms with van der Waals surface area (Å²) < 4.78 is 33.9. The van der Waals surface area contributed by atoms with Crippen LogP contribution < -0.4 is 4.89 Å². The van der Waals surface area contributed by atoms with Crippen molar-refractivity contribution in [1.29, 1.82) is 0 Å². The third-order valence-corrected chi connectivity index (χ3v) is 10.5. The molecule has 0 aliphatic carbocycles. The highest BCUT2D eigenvalue weighted by Gasteiger charge is 2.21. The summed E-state index contributed by atoms with van der Waals surface area (Å²) in [5.74, 6) is -0.836. The van der Waals surface area contributed by atoms with Gasteiger partial charge in [0.2, 0.25) is 0 Å². The van der Waals surface area contributed by atoms with Crippen LogP contribution >= 0.6 is 7.82 Å². The fourth-order valence-corrected chi connectivity index (χ4v) is 6.79. The highest BCUT2D eigenvalue weighted by atomic mass is 31.2. The standard InChI is InChI=1S/C43H84NO8P/c1-6-8-10-12-14-16-18-20-21-22-23-24-26-27-29-31-33-35-42(45)49-39-41(40-51-53(47,48)50-38-37-44(3,4)5)52-43(46)36-34-32-30-28-25-19-17-15-13-11-9-7-2/h15,17,41H,6-14,16,18-40H2,1-5H3/b17-15-. The van der Waals surface area contributed by atoms with Crippen LogP contribution in [0.5, 0.6) is 0 Å². The van der Waals surface area contributed by atoms with Crippen molar-refractivity contribution in [3.05, 3.63) is 12.2 Å². The lowest BCUT2D eigenvalue weighted by atomic mass is 10.0. The zero-order chi connectivity index (χ0) is 39.3. The highest BCUT2D eigenvalue weighted by Crippen LogP contribution is 2.38. The number of quaternary nitrogens is 1. The van der Waals surface area contributed by atoms with Gasteiger partial charge in [0.1, 0.15) is 19.8 Å². The number of carbonyl (C=O) groups is 2. The number of ether oxygens (including phenoxy) is 2. The minimum absolute atomic E-state index is 0.0294. The molecule has 0 N–H and O–H groups in total. The largest absolute Gasteiger partial charge is 0.756 e. The fourth-order valence-electron chi connectivity index (χ4n) is 6.06. The SMILES string of the molecule is CCCCC/C=C\CCCCCCCC(=O)OC(COC(=O)CCCCCCCCCCCCCCCCCCC)COP(=O)([O-])OCC[N+](C)(C)C. The smallest absolute Gasteiger partial charge is 0.306 e. The van der Waals surface area contributed by atoms with E-state index in [0.29, 0.717) is 17.4 Å². The maximum atomic E-state index is 12.6. The summed E-state index contributed by atoms with van der Waals surface area (Å²) in [6.45, 7) is 4.21. The highest BCUT2D eigenvalue weighted by molar-refractivity contribution is 7.45. The van der Waals surface area contributed by atoms with Crippen LogP contribution in [0.25, 0.3) is 0 Å². The lowest BCUT2D eigenvalue weighted by Crippen LogP contribution is -2.37. The van der Waals surface area contributed by atoms with Crippen LogP contribution in [-0.4, -0.2) is 70.0 Å². The van der Waals surface area contributed by atoms with Gasteiger partial charge in [0.25, 0.3) is 7.82 Å². The van der Waals surface area contributed by atoms with E-state index >= 15 is 0 Å². The lowest BCUT2D eigenvalue weighted by molar-refractivity contribution is -0.870. The molecule has 0 fully saturated rings. The topological polar surface area (TPSA) is 111 Å². The van der Waals surface area contributed by atoms with E-state index in [9.17, 15) is 19.0 Å². The molecule has 2 atom stereocenters. The van der Waals surface area contributed by atoms with Crippen LogP contribution in [0.15, 0.2) is 12.2 Å². The Labute approximate surface area is 326 Å². The van der Waals surface area contributed by atoms with E-state index < -0.39 is 26.5 Å². The first kappa shape index (κ1) is 51.8. The number of phosphoric acid groups is 1. The van der Waals surface area contributed by atoms with Gasteiger partial charge in [-0.15, -0.1) is 0 Å². The second kappa shape index (κ2) is 36.4. The molecule has 0 aromatic carbocycles. The molecule has 0 aliphatic rings. The Balaban J connectivity index is 4.31. The van der Waals surface area contributed by atoms with E-state index in [0.717, 1.165) is 57.8 Å². The number of allylic oxidation sites excluding steroid dienone is 2. The number of phosphoric ester groups is 1. The molecule has 53 heavy (non-hydrogen) atoms. The molecule has 0 aromatic heterocycles. The van der Waals surface area contributed by atoms with E-state index in [1.807, 2.05) is 21.1 Å². The van der Waals surface area contributed by atoms with Crippen molar-refractivity contribution in [3.8, 4) is 0 Å². The molecular formula is C43H84NO8P. The molecule has 0 spiro atoms. The molecule has 10 heteroatoms. The average molecular weight is 774 g/mol. The Kier molecular flexibility index (Phi) is 35.5. The summed E-state index contributed by atoms with van der Waals surface area (Å²) >= 11 is 0. The number of esters is 2. The molecule has 314 valence electrons. The molecule has 0 saturated carbocycles. The van der Waals surface area contributed by atoms with E-state index in [1.165, 1.54) is 109 Å². The summed E-state index contributed by atoms with van der Waals surface area (Å²) in [7, 11) is 1.17. The monoisotopic (exact) mass is 774 g/mol. The van der Waals surface area contributed by atoms with Crippen LogP contribution in [-0.2, 0) is 32.7 Å². The summed E-state index contributed by atoms with van der Waals surface area (Å²) in [6, 6.07) is 0. The number of hydrogen-bond donors (Lipinski definition) is 0. The summed E-state index contributed by atoms with van der Waals surface area (Å²) in [5, 5.41) is 0. The Morgan fingerprint density at radius 3 is 1.43 bits per heavy atom. The third kappa shape index (κ3) is 40.2. The van der Waals surface area contributed by atoms with E-state index in [4.69, 9.17) is 18.5 Å². The minimum atomic E-state index is -4.62. The average Bonchev–Trinajstić information content (AvgIpc) is 3.10. The van der Waals surface area contributed by atoms with Gasteiger partial charge < -0.3 is 27.9 Å². The van der Waals surface area contributed by atoms with Crippen molar-refractivity contribution in [2.24, 2.45) is 0 Å². The first-order valence-electron chi connectivity index (χ1n) is 21.9. The van der Waals surface area contributed by atoms with Gasteiger partial charge >= 0.3 is 11.9 Å². The second-order valence-electron chi connectivity index (χ2n) is 16.1. The zero-order valence-corrected chi connectivity index (χ0v) is 36.1. The predicted octanol–water partition coefficient (Wildman–Crippen LogP) is 11.6. The van der Waals surface area contributed by atoms with Gasteiger partial charge in [-0.1, -0.05) is 161 Å². The van der Waals surface area contributed by atoms with Crippen LogP contribution in [0.4, 0.5) is 0 Å². The molecule has 0 amide bonds. The van der Waals surface area contributed by atoms with Crippen molar-refractivity contribution in [2.45, 2.75) is 206 Å². The van der Waals surface area contributed by atoms with Gasteiger partial charge in [-0.3, -0.25) is 14.2 Å². The number of nitrogens with zero attached hydrogens (tertiary/aromatic N) is 1. The normalized spacial score (nSPS) is 13.7. The number of hydrogen-bond acceptors (Lipinski definition) is 8. The Morgan fingerprint density at radius 1 is 0.566 bits per heavy atom. The van der Waals surface area contributed by atoms with Crippen LogP contribution in [0.1, 0.15) is 200 Å². The number of likely N-dealkylation sites (N-methyl/N-ethyl adjacent to an activating group) is 1. The molecule has 0 rings (SSSR count). The molecule has 2 unspecified atom stereocenters. The van der Waals surface area contributed by atoms with Crippen LogP contribution in [0.3, 0.4) is 0 Å². The molecule has 9 nitrogen and oxygen atoms in total. The van der Waals surface area contributed by atoms with Crippen molar-refractivity contribution in [2.75, 3.05) is 47.5 Å². The minimum Gasteiger partial charge on any atom is -0.756 e. The Hall–Kier alpha value is -1.25. The number of carbonyl (C=O) groups excluding carboxylic acids is 2.